The van der Waals surface area contributed by atoms with Crippen molar-refractivity contribution in [2.45, 2.75) is 38.6 Å². The van der Waals surface area contributed by atoms with E-state index >= 15 is 0 Å². The number of benzene rings is 1. The molecule has 2 aromatic rings. The van der Waals surface area contributed by atoms with E-state index in [0.717, 1.165) is 4.80 Å². The predicted octanol–water partition coefficient (Wildman–Crippen LogP) is 4.34. The van der Waals surface area contributed by atoms with Crippen LogP contribution in [0.3, 0.4) is 0 Å². The molecule has 19 heavy (non-hydrogen) atoms. The number of rotatable bonds is 2. The van der Waals surface area contributed by atoms with Crippen LogP contribution in [0.4, 0.5) is 10.1 Å². The first kappa shape index (κ1) is 12.6. The number of aryl methyl sites for hydroxylation is 1. The lowest BCUT2D eigenvalue weighted by atomic mass is 10.2. The zero-order valence-electron chi connectivity index (χ0n) is 11.0. The first-order chi connectivity index (χ1) is 9.25. The van der Waals surface area contributed by atoms with Crippen molar-refractivity contribution in [3.05, 3.63) is 46.0 Å². The van der Waals surface area contributed by atoms with Crippen LogP contribution in [0, 0.1) is 12.7 Å². The number of aromatic nitrogens is 1. The molecule has 2 nitrogen and oxygen atoms in total. The van der Waals surface area contributed by atoms with Crippen molar-refractivity contribution in [1.82, 2.24) is 4.57 Å². The van der Waals surface area contributed by atoms with Gasteiger partial charge in [-0.05, 0) is 31.9 Å². The molecule has 0 atom stereocenters. The molecule has 0 bridgehead atoms. The van der Waals surface area contributed by atoms with Crippen LogP contribution < -0.4 is 4.80 Å². The second-order valence-electron chi connectivity index (χ2n) is 5.03. The molecule has 4 heteroatoms. The molecule has 1 aromatic carbocycles. The Labute approximate surface area is 116 Å². The molecule has 1 aliphatic carbocycles. The fourth-order valence-corrected chi connectivity index (χ4v) is 3.68. The van der Waals surface area contributed by atoms with E-state index in [4.69, 9.17) is 0 Å². The Hall–Kier alpha value is -1.42. The number of hydrogen-bond donors (Lipinski definition) is 0. The highest BCUT2D eigenvalue weighted by Crippen LogP contribution is 2.30. The van der Waals surface area contributed by atoms with Crippen molar-refractivity contribution in [3.63, 3.8) is 0 Å². The first-order valence-corrected chi connectivity index (χ1v) is 7.59. The molecule has 1 heterocycles. The Morgan fingerprint density at radius 3 is 2.74 bits per heavy atom. The summed E-state index contributed by atoms with van der Waals surface area (Å²) >= 11 is 1.60. The van der Waals surface area contributed by atoms with E-state index in [1.807, 2.05) is 6.07 Å². The van der Waals surface area contributed by atoms with Gasteiger partial charge in [-0.25, -0.2) is 9.38 Å². The van der Waals surface area contributed by atoms with E-state index in [1.165, 1.54) is 37.4 Å². The van der Waals surface area contributed by atoms with Crippen LogP contribution in [-0.2, 0) is 0 Å². The molecule has 1 saturated carbocycles. The van der Waals surface area contributed by atoms with Gasteiger partial charge in [0.05, 0.1) is 0 Å². The minimum Gasteiger partial charge on any atom is -0.318 e. The number of thiazole rings is 1. The maximum Gasteiger partial charge on any atom is 0.190 e. The highest BCUT2D eigenvalue weighted by molar-refractivity contribution is 7.07. The highest BCUT2D eigenvalue weighted by Gasteiger charge is 2.19. The van der Waals surface area contributed by atoms with Crippen LogP contribution in [0.1, 0.15) is 37.4 Å². The molecule has 100 valence electrons. The van der Waals surface area contributed by atoms with Gasteiger partial charge in [0.25, 0.3) is 0 Å². The van der Waals surface area contributed by atoms with Crippen molar-refractivity contribution in [2.75, 3.05) is 0 Å². The van der Waals surface area contributed by atoms with Gasteiger partial charge in [0.1, 0.15) is 11.5 Å². The van der Waals surface area contributed by atoms with Crippen molar-refractivity contribution < 1.29 is 4.39 Å². The fraction of sp³-hybridized carbons (Fsp3) is 0.400. The average molecular weight is 276 g/mol. The van der Waals surface area contributed by atoms with E-state index in [-0.39, 0.29) is 5.82 Å². The van der Waals surface area contributed by atoms with Crippen molar-refractivity contribution in [2.24, 2.45) is 4.99 Å². The van der Waals surface area contributed by atoms with Gasteiger partial charge >= 0.3 is 0 Å². The summed E-state index contributed by atoms with van der Waals surface area (Å²) in [5, 5.41) is 2.11. The molecule has 0 aliphatic heterocycles. The van der Waals surface area contributed by atoms with Gasteiger partial charge in [-0.1, -0.05) is 25.0 Å². The lowest BCUT2D eigenvalue weighted by Gasteiger charge is -2.13. The van der Waals surface area contributed by atoms with E-state index < -0.39 is 0 Å². The third-order valence-corrected chi connectivity index (χ3v) is 4.64. The summed E-state index contributed by atoms with van der Waals surface area (Å²) in [5.74, 6) is -0.258. The molecule has 0 unspecified atom stereocenters. The summed E-state index contributed by atoms with van der Waals surface area (Å²) in [5.41, 5.74) is 1.66. The first-order valence-electron chi connectivity index (χ1n) is 6.71. The average Bonchev–Trinajstić information content (AvgIpc) is 3.02. The quantitative estimate of drug-likeness (QED) is 0.776. The maximum absolute atomic E-state index is 13.7. The Bertz CT molecular complexity index is 636. The van der Waals surface area contributed by atoms with Crippen molar-refractivity contribution in [1.29, 1.82) is 0 Å². The maximum atomic E-state index is 13.7. The summed E-state index contributed by atoms with van der Waals surface area (Å²) in [6.07, 6.45) is 4.99. The van der Waals surface area contributed by atoms with Crippen molar-refractivity contribution in [3.8, 4) is 0 Å². The minimum atomic E-state index is -0.258. The number of para-hydroxylation sites is 1. The predicted molar refractivity (Wildman–Crippen MR) is 76.2 cm³/mol. The van der Waals surface area contributed by atoms with Crippen LogP contribution in [0.15, 0.2) is 34.6 Å². The number of halogens is 1. The lowest BCUT2D eigenvalue weighted by molar-refractivity contribution is 0.496. The fourth-order valence-electron chi connectivity index (χ4n) is 2.73. The second kappa shape index (κ2) is 5.29. The second-order valence-corrected chi connectivity index (χ2v) is 5.87. The van der Waals surface area contributed by atoms with Crippen LogP contribution >= 0.6 is 11.3 Å². The summed E-state index contributed by atoms with van der Waals surface area (Å²) in [6, 6.07) is 7.24. The minimum absolute atomic E-state index is 0.258. The van der Waals surface area contributed by atoms with Gasteiger partial charge in [-0.3, -0.25) is 0 Å². The van der Waals surface area contributed by atoms with E-state index in [0.29, 0.717) is 11.7 Å². The highest BCUT2D eigenvalue weighted by atomic mass is 32.1. The van der Waals surface area contributed by atoms with Crippen molar-refractivity contribution >= 4 is 17.0 Å². The summed E-state index contributed by atoms with van der Waals surface area (Å²) < 4.78 is 16.0. The number of nitrogens with zero attached hydrogens (tertiary/aromatic N) is 2. The summed E-state index contributed by atoms with van der Waals surface area (Å²) in [6.45, 7) is 2.11. The molecule has 1 aliphatic rings. The third kappa shape index (κ3) is 2.50. The van der Waals surface area contributed by atoms with Crippen LogP contribution in [-0.4, -0.2) is 4.57 Å². The topological polar surface area (TPSA) is 17.3 Å². The van der Waals surface area contributed by atoms with Crippen LogP contribution in [0.2, 0.25) is 0 Å². The van der Waals surface area contributed by atoms with E-state index in [2.05, 4.69) is 21.9 Å². The summed E-state index contributed by atoms with van der Waals surface area (Å²) in [7, 11) is 0. The number of hydrogen-bond acceptors (Lipinski definition) is 2. The van der Waals surface area contributed by atoms with Gasteiger partial charge in [0.15, 0.2) is 4.80 Å². The van der Waals surface area contributed by atoms with E-state index in [1.54, 1.807) is 23.5 Å². The molecular formula is C15H17FN2S. The molecular weight excluding hydrogens is 259 g/mol. The molecule has 0 amide bonds. The van der Waals surface area contributed by atoms with Gasteiger partial charge in [0.2, 0.25) is 0 Å². The van der Waals surface area contributed by atoms with Gasteiger partial charge < -0.3 is 4.57 Å². The Kier molecular flexibility index (Phi) is 3.51. The molecule has 1 aromatic heterocycles. The van der Waals surface area contributed by atoms with Crippen LogP contribution in [0.5, 0.6) is 0 Å². The molecule has 0 saturated heterocycles. The Balaban J connectivity index is 2.08. The Morgan fingerprint density at radius 1 is 1.26 bits per heavy atom. The zero-order valence-corrected chi connectivity index (χ0v) is 11.8. The van der Waals surface area contributed by atoms with Gasteiger partial charge in [-0.15, -0.1) is 11.3 Å². The molecule has 0 N–H and O–H groups in total. The third-order valence-electron chi connectivity index (χ3n) is 3.68. The SMILES string of the molecule is Cc1csc(=Nc2ccccc2F)n1C1CCCC1. The zero-order chi connectivity index (χ0) is 13.2. The Morgan fingerprint density at radius 2 is 2.00 bits per heavy atom. The van der Waals surface area contributed by atoms with Gasteiger partial charge in [0, 0.05) is 17.1 Å². The molecule has 0 spiro atoms. The normalized spacial score (nSPS) is 17.3. The van der Waals surface area contributed by atoms with E-state index in [9.17, 15) is 4.39 Å². The summed E-state index contributed by atoms with van der Waals surface area (Å²) in [4.78, 5) is 5.42. The van der Waals surface area contributed by atoms with Crippen LogP contribution in [0.25, 0.3) is 0 Å². The molecule has 1 fully saturated rings. The van der Waals surface area contributed by atoms with Gasteiger partial charge in [-0.2, -0.15) is 0 Å². The smallest absolute Gasteiger partial charge is 0.190 e. The standard InChI is InChI=1S/C15H17FN2S/c1-11-10-19-15(18(11)12-6-2-3-7-12)17-14-9-5-4-8-13(14)16/h4-5,8-10,12H,2-3,6-7H2,1H3. The monoisotopic (exact) mass is 276 g/mol. The molecule has 0 radical (unpaired) electrons. The largest absolute Gasteiger partial charge is 0.318 e. The molecule has 3 rings (SSSR count). The lowest BCUT2D eigenvalue weighted by Crippen LogP contribution is -2.20.